The minimum atomic E-state index is -0.556. The fourth-order valence-corrected chi connectivity index (χ4v) is 2.70. The number of amides is 1. The number of benzene rings is 2. The number of ether oxygens (including phenoxy) is 1. The van der Waals surface area contributed by atoms with Crippen LogP contribution in [-0.4, -0.2) is 26.2 Å². The smallest absolute Gasteiger partial charge is 0.310 e. The number of aromatic nitrogens is 2. The summed E-state index contributed by atoms with van der Waals surface area (Å²) in [6.07, 6.45) is 0. The lowest BCUT2D eigenvalue weighted by molar-refractivity contribution is -0.385. The number of fused-ring (bicyclic) bond motifs is 1. The number of nitro groups is 1. The number of rotatable bonds is 5. The van der Waals surface area contributed by atoms with Crippen molar-refractivity contribution in [1.82, 2.24) is 8.75 Å². The molecule has 0 saturated heterocycles. The van der Waals surface area contributed by atoms with Crippen LogP contribution in [0.15, 0.2) is 36.4 Å². The maximum Gasteiger partial charge on any atom is 0.310 e. The third-order valence-corrected chi connectivity index (χ3v) is 3.86. The maximum atomic E-state index is 12.1. The molecule has 0 aliphatic carbocycles. The van der Waals surface area contributed by atoms with Crippen LogP contribution in [0.2, 0.25) is 0 Å². The Balaban J connectivity index is 1.73. The first kappa shape index (κ1) is 15.8. The average Bonchev–Trinajstić information content (AvgIpc) is 3.04. The first-order chi connectivity index (χ1) is 11.6. The zero-order valence-electron chi connectivity index (χ0n) is 12.6. The van der Waals surface area contributed by atoms with Gasteiger partial charge in [-0.2, -0.15) is 8.75 Å². The number of carbonyl (C=O) groups excluding carboxylic acids is 1. The molecule has 1 N–H and O–H groups in total. The molecule has 8 nitrogen and oxygen atoms in total. The fourth-order valence-electron chi connectivity index (χ4n) is 2.16. The van der Waals surface area contributed by atoms with E-state index in [0.29, 0.717) is 16.7 Å². The van der Waals surface area contributed by atoms with E-state index in [-0.39, 0.29) is 18.0 Å². The molecule has 122 valence electrons. The molecule has 3 aromatic rings. The molecule has 0 aliphatic heterocycles. The Morgan fingerprint density at radius 2 is 2.08 bits per heavy atom. The molecule has 0 aliphatic rings. The second-order valence-electron chi connectivity index (χ2n) is 4.95. The molecule has 0 fully saturated rings. The van der Waals surface area contributed by atoms with Gasteiger partial charge in [-0.25, -0.2) is 0 Å². The van der Waals surface area contributed by atoms with Crippen LogP contribution in [-0.2, 0) is 4.79 Å². The van der Waals surface area contributed by atoms with E-state index in [1.54, 1.807) is 6.07 Å². The highest BCUT2D eigenvalue weighted by Crippen LogP contribution is 2.27. The maximum absolute atomic E-state index is 12.1. The van der Waals surface area contributed by atoms with Crippen LogP contribution in [0.1, 0.15) is 5.56 Å². The van der Waals surface area contributed by atoms with E-state index < -0.39 is 10.8 Å². The Bertz CT molecular complexity index is 925. The summed E-state index contributed by atoms with van der Waals surface area (Å²) in [4.78, 5) is 22.5. The van der Waals surface area contributed by atoms with Crippen molar-refractivity contribution in [2.75, 3.05) is 11.9 Å². The Morgan fingerprint density at radius 3 is 2.88 bits per heavy atom. The molecule has 1 heterocycles. The number of nitro benzene ring substituents is 1. The van der Waals surface area contributed by atoms with Crippen LogP contribution in [0, 0.1) is 17.0 Å². The molecule has 24 heavy (non-hydrogen) atoms. The second kappa shape index (κ2) is 6.59. The molecule has 3 rings (SSSR count). The minimum absolute atomic E-state index is 0.0444. The van der Waals surface area contributed by atoms with Gasteiger partial charge in [-0.05, 0) is 24.6 Å². The lowest BCUT2D eigenvalue weighted by Gasteiger charge is -2.10. The molecular formula is C15H12N4O4S. The molecule has 9 heteroatoms. The molecule has 1 amide bonds. The van der Waals surface area contributed by atoms with E-state index in [1.165, 1.54) is 18.2 Å². The number of para-hydroxylation sites is 2. The molecule has 1 aromatic heterocycles. The van der Waals surface area contributed by atoms with Crippen molar-refractivity contribution in [3.8, 4) is 5.75 Å². The summed E-state index contributed by atoms with van der Waals surface area (Å²) in [5, 5.41) is 13.7. The van der Waals surface area contributed by atoms with Crippen molar-refractivity contribution >= 4 is 40.0 Å². The quantitative estimate of drug-likeness (QED) is 0.563. The first-order valence-electron chi connectivity index (χ1n) is 6.94. The van der Waals surface area contributed by atoms with Crippen LogP contribution in [0.25, 0.3) is 11.0 Å². The molecule has 0 unspecified atom stereocenters. The van der Waals surface area contributed by atoms with Gasteiger partial charge in [0.1, 0.15) is 11.0 Å². The zero-order chi connectivity index (χ0) is 17.1. The molecule has 0 saturated carbocycles. The van der Waals surface area contributed by atoms with E-state index in [9.17, 15) is 14.9 Å². The normalized spacial score (nSPS) is 10.5. The number of hydrogen-bond donors (Lipinski definition) is 1. The van der Waals surface area contributed by atoms with Gasteiger partial charge in [-0.1, -0.05) is 18.2 Å². The number of hydrogen-bond acceptors (Lipinski definition) is 7. The van der Waals surface area contributed by atoms with Gasteiger partial charge in [0.15, 0.2) is 12.4 Å². The fraction of sp³-hybridized carbons (Fsp3) is 0.133. The van der Waals surface area contributed by atoms with Gasteiger partial charge in [0.2, 0.25) is 0 Å². The third-order valence-electron chi connectivity index (χ3n) is 3.32. The van der Waals surface area contributed by atoms with Crippen molar-refractivity contribution in [3.05, 3.63) is 52.1 Å². The van der Waals surface area contributed by atoms with Crippen LogP contribution >= 0.6 is 11.7 Å². The summed E-state index contributed by atoms with van der Waals surface area (Å²) >= 11 is 1.06. The number of aryl methyl sites for hydroxylation is 1. The Morgan fingerprint density at radius 1 is 1.29 bits per heavy atom. The largest absolute Gasteiger partial charge is 0.477 e. The van der Waals surface area contributed by atoms with Crippen LogP contribution < -0.4 is 10.1 Å². The van der Waals surface area contributed by atoms with Gasteiger partial charge >= 0.3 is 5.69 Å². The van der Waals surface area contributed by atoms with Crippen molar-refractivity contribution in [3.63, 3.8) is 0 Å². The molecule has 0 atom stereocenters. The molecular weight excluding hydrogens is 332 g/mol. The number of carbonyl (C=O) groups is 1. The van der Waals surface area contributed by atoms with E-state index in [4.69, 9.17) is 4.74 Å². The third kappa shape index (κ3) is 3.15. The van der Waals surface area contributed by atoms with Gasteiger partial charge in [0, 0.05) is 6.07 Å². The molecule has 0 radical (unpaired) electrons. The summed E-state index contributed by atoms with van der Waals surface area (Å²) in [6, 6.07) is 9.56. The SMILES string of the molecule is Cc1ccc2nsnc2c1NC(=O)COc1ccccc1[N+](=O)[O-]. The summed E-state index contributed by atoms with van der Waals surface area (Å²) in [6.45, 7) is 1.50. The van der Waals surface area contributed by atoms with Crippen LogP contribution in [0.5, 0.6) is 5.75 Å². The van der Waals surface area contributed by atoms with Gasteiger partial charge in [0.05, 0.1) is 22.3 Å². The predicted molar refractivity (Wildman–Crippen MR) is 89.4 cm³/mol. The monoisotopic (exact) mass is 344 g/mol. The van der Waals surface area contributed by atoms with Crippen molar-refractivity contribution in [2.45, 2.75) is 6.92 Å². The van der Waals surface area contributed by atoms with Crippen LogP contribution in [0.4, 0.5) is 11.4 Å². The Labute approximate surface area is 140 Å². The standard InChI is InChI=1S/C15H12N4O4S/c1-9-6-7-10-15(18-24-17-10)14(9)16-13(20)8-23-12-5-3-2-4-11(12)19(21)22/h2-7H,8H2,1H3,(H,16,20). The molecule has 0 bridgehead atoms. The highest BCUT2D eigenvalue weighted by atomic mass is 32.1. The lowest BCUT2D eigenvalue weighted by atomic mass is 10.1. The summed E-state index contributed by atoms with van der Waals surface area (Å²) in [7, 11) is 0. The van der Waals surface area contributed by atoms with Crippen molar-refractivity contribution in [1.29, 1.82) is 0 Å². The second-order valence-corrected chi connectivity index (χ2v) is 5.48. The zero-order valence-corrected chi connectivity index (χ0v) is 13.4. The number of anilines is 1. The van der Waals surface area contributed by atoms with E-state index in [0.717, 1.165) is 17.3 Å². The highest BCUT2D eigenvalue weighted by molar-refractivity contribution is 7.00. The van der Waals surface area contributed by atoms with Gasteiger partial charge in [-0.3, -0.25) is 14.9 Å². The van der Waals surface area contributed by atoms with Gasteiger partial charge in [-0.15, -0.1) is 0 Å². The van der Waals surface area contributed by atoms with Crippen LogP contribution in [0.3, 0.4) is 0 Å². The molecule has 0 spiro atoms. The van der Waals surface area contributed by atoms with Gasteiger partial charge in [0.25, 0.3) is 5.91 Å². The topological polar surface area (TPSA) is 107 Å². The summed E-state index contributed by atoms with van der Waals surface area (Å²) < 4.78 is 13.6. The van der Waals surface area contributed by atoms with Crippen molar-refractivity contribution < 1.29 is 14.5 Å². The number of nitrogens with one attached hydrogen (secondary N) is 1. The van der Waals surface area contributed by atoms with E-state index in [1.807, 2.05) is 19.1 Å². The Hall–Kier alpha value is -3.07. The predicted octanol–water partition coefficient (Wildman–Crippen LogP) is 2.93. The van der Waals surface area contributed by atoms with Gasteiger partial charge < -0.3 is 10.1 Å². The Kier molecular flexibility index (Phi) is 4.34. The molecule has 2 aromatic carbocycles. The lowest BCUT2D eigenvalue weighted by Crippen LogP contribution is -2.21. The highest BCUT2D eigenvalue weighted by Gasteiger charge is 2.16. The first-order valence-corrected chi connectivity index (χ1v) is 7.67. The van der Waals surface area contributed by atoms with Crippen molar-refractivity contribution in [2.24, 2.45) is 0 Å². The summed E-state index contributed by atoms with van der Waals surface area (Å²) in [5.41, 5.74) is 2.53. The minimum Gasteiger partial charge on any atom is -0.477 e. The number of nitrogens with zero attached hydrogens (tertiary/aromatic N) is 3. The summed E-state index contributed by atoms with van der Waals surface area (Å²) in [5.74, 6) is -0.389. The average molecular weight is 344 g/mol. The van der Waals surface area contributed by atoms with E-state index in [2.05, 4.69) is 14.1 Å². The van der Waals surface area contributed by atoms with E-state index >= 15 is 0 Å².